The van der Waals surface area contributed by atoms with Crippen LogP contribution in [0.2, 0.25) is 0 Å². The van der Waals surface area contributed by atoms with Crippen molar-refractivity contribution >= 4 is 17.3 Å². The van der Waals surface area contributed by atoms with Gasteiger partial charge in [-0.1, -0.05) is 31.5 Å². The summed E-state index contributed by atoms with van der Waals surface area (Å²) in [5, 5.41) is 9.97. The van der Waals surface area contributed by atoms with Gasteiger partial charge in [0.15, 0.2) is 0 Å². The molecule has 1 N–H and O–H groups in total. The number of benzene rings is 1. The first-order valence-electron chi connectivity index (χ1n) is 6.60. The minimum Gasteiger partial charge on any atom is -0.493 e. The molecule has 0 fully saturated rings. The Morgan fingerprint density at radius 2 is 2.05 bits per heavy atom. The molecule has 0 radical (unpaired) electrons. The highest BCUT2D eigenvalue weighted by Crippen LogP contribution is 2.21. The predicted octanol–water partition coefficient (Wildman–Crippen LogP) is 3.42. The van der Waals surface area contributed by atoms with Crippen molar-refractivity contribution in [1.29, 1.82) is 0 Å². The van der Waals surface area contributed by atoms with Gasteiger partial charge in [0.1, 0.15) is 10.6 Å². The van der Waals surface area contributed by atoms with E-state index in [1.165, 1.54) is 11.3 Å². The normalized spacial score (nSPS) is 10.4. The molecule has 0 aliphatic carbocycles. The van der Waals surface area contributed by atoms with Crippen LogP contribution >= 0.6 is 11.3 Å². The van der Waals surface area contributed by atoms with Crippen molar-refractivity contribution in [3.05, 3.63) is 45.9 Å². The minimum atomic E-state index is -0.888. The van der Waals surface area contributed by atoms with Gasteiger partial charge in [0, 0.05) is 6.42 Å². The van der Waals surface area contributed by atoms with Gasteiger partial charge in [0.2, 0.25) is 0 Å². The largest absolute Gasteiger partial charge is 0.493 e. The number of nitrogens with zero attached hydrogens (tertiary/aromatic N) is 1. The number of aryl methyl sites for hydroxylation is 1. The van der Waals surface area contributed by atoms with E-state index in [1.807, 2.05) is 37.3 Å². The molecular weight excluding hydrogens is 274 g/mol. The van der Waals surface area contributed by atoms with Gasteiger partial charge in [-0.2, -0.15) is 0 Å². The van der Waals surface area contributed by atoms with Gasteiger partial charge in [0.05, 0.1) is 17.3 Å². The lowest BCUT2D eigenvalue weighted by Gasteiger charge is -2.03. The smallest absolute Gasteiger partial charge is 0.347 e. The number of para-hydroxylation sites is 1. The minimum absolute atomic E-state index is 0.363. The van der Waals surface area contributed by atoms with Crippen molar-refractivity contribution in [3.8, 4) is 5.75 Å². The molecule has 0 bridgehead atoms. The summed E-state index contributed by atoms with van der Waals surface area (Å²) in [6.07, 6.45) is 2.23. The van der Waals surface area contributed by atoms with E-state index in [9.17, 15) is 4.79 Å². The van der Waals surface area contributed by atoms with E-state index in [0.717, 1.165) is 17.2 Å². The monoisotopic (exact) mass is 291 g/mol. The number of carboxylic acids is 1. The standard InChI is InChI=1S/C15H17NO3S/c1-2-6-12-14(15(17)18)20-13(16-12)9-10-19-11-7-4-3-5-8-11/h3-5,7-8H,2,6,9-10H2,1H3,(H,17,18). The average Bonchev–Trinajstić information content (AvgIpc) is 2.84. The maximum absolute atomic E-state index is 11.1. The summed E-state index contributed by atoms with van der Waals surface area (Å²) in [7, 11) is 0. The van der Waals surface area contributed by atoms with Crippen LogP contribution in [0.25, 0.3) is 0 Å². The molecule has 1 heterocycles. The molecule has 0 amide bonds. The molecule has 1 aromatic heterocycles. The van der Waals surface area contributed by atoms with Crippen LogP contribution in [0.15, 0.2) is 30.3 Å². The van der Waals surface area contributed by atoms with Crippen molar-refractivity contribution in [1.82, 2.24) is 4.98 Å². The summed E-state index contributed by atoms with van der Waals surface area (Å²) in [4.78, 5) is 15.9. The van der Waals surface area contributed by atoms with E-state index in [4.69, 9.17) is 9.84 Å². The second-order valence-electron chi connectivity index (χ2n) is 4.35. The number of hydrogen-bond acceptors (Lipinski definition) is 4. The highest BCUT2D eigenvalue weighted by Gasteiger charge is 2.16. The number of aromatic carboxylic acids is 1. The molecule has 2 rings (SSSR count). The SMILES string of the molecule is CCCc1nc(CCOc2ccccc2)sc1C(=O)O. The fraction of sp³-hybridized carbons (Fsp3) is 0.333. The first kappa shape index (κ1) is 14.5. The number of thiazole rings is 1. The van der Waals surface area contributed by atoms with Crippen LogP contribution < -0.4 is 4.74 Å². The Morgan fingerprint density at radius 3 is 2.70 bits per heavy atom. The van der Waals surface area contributed by atoms with Crippen molar-refractivity contribution in [2.24, 2.45) is 0 Å². The maximum atomic E-state index is 11.1. The molecule has 4 nitrogen and oxygen atoms in total. The molecule has 0 saturated heterocycles. The number of hydrogen-bond donors (Lipinski definition) is 1. The zero-order valence-corrected chi connectivity index (χ0v) is 12.2. The Morgan fingerprint density at radius 1 is 1.30 bits per heavy atom. The summed E-state index contributed by atoms with van der Waals surface area (Å²) >= 11 is 1.25. The van der Waals surface area contributed by atoms with Crippen LogP contribution in [0.5, 0.6) is 5.75 Å². The van der Waals surface area contributed by atoms with Crippen molar-refractivity contribution in [3.63, 3.8) is 0 Å². The fourth-order valence-electron chi connectivity index (χ4n) is 1.85. The van der Waals surface area contributed by atoms with E-state index < -0.39 is 5.97 Å². The molecule has 5 heteroatoms. The van der Waals surface area contributed by atoms with Crippen LogP contribution in [0.3, 0.4) is 0 Å². The van der Waals surface area contributed by atoms with E-state index in [1.54, 1.807) is 0 Å². The van der Waals surface area contributed by atoms with E-state index >= 15 is 0 Å². The highest BCUT2D eigenvalue weighted by atomic mass is 32.1. The zero-order valence-electron chi connectivity index (χ0n) is 11.3. The molecule has 0 aliphatic rings. The molecule has 0 unspecified atom stereocenters. The Hall–Kier alpha value is -1.88. The van der Waals surface area contributed by atoms with E-state index in [2.05, 4.69) is 4.98 Å². The summed E-state index contributed by atoms with van der Waals surface area (Å²) in [5.41, 5.74) is 0.694. The third-order valence-corrected chi connectivity index (χ3v) is 3.90. The Balaban J connectivity index is 1.96. The van der Waals surface area contributed by atoms with Gasteiger partial charge >= 0.3 is 5.97 Å². The molecular formula is C15H17NO3S. The topological polar surface area (TPSA) is 59.4 Å². The molecule has 0 saturated carbocycles. The van der Waals surface area contributed by atoms with Gasteiger partial charge in [-0.15, -0.1) is 11.3 Å². The molecule has 106 valence electrons. The third-order valence-electron chi connectivity index (χ3n) is 2.75. The third kappa shape index (κ3) is 3.81. The van der Waals surface area contributed by atoms with Crippen molar-refractivity contribution in [2.45, 2.75) is 26.2 Å². The predicted molar refractivity (Wildman–Crippen MR) is 78.7 cm³/mol. The van der Waals surface area contributed by atoms with Crippen molar-refractivity contribution < 1.29 is 14.6 Å². The summed E-state index contributed by atoms with van der Waals surface area (Å²) in [5.74, 6) is -0.0718. The number of ether oxygens (including phenoxy) is 1. The quantitative estimate of drug-likeness (QED) is 0.849. The molecule has 2 aromatic rings. The van der Waals surface area contributed by atoms with Gasteiger partial charge < -0.3 is 9.84 Å². The Labute approximate surface area is 122 Å². The average molecular weight is 291 g/mol. The summed E-state index contributed by atoms with van der Waals surface area (Å²) in [6.45, 7) is 2.52. The first-order valence-corrected chi connectivity index (χ1v) is 7.42. The van der Waals surface area contributed by atoms with Crippen molar-refractivity contribution in [2.75, 3.05) is 6.61 Å². The lowest BCUT2D eigenvalue weighted by molar-refractivity contribution is 0.0700. The second kappa shape index (κ2) is 7.05. The van der Waals surface area contributed by atoms with E-state index in [0.29, 0.717) is 30.0 Å². The van der Waals surface area contributed by atoms with Crippen LogP contribution in [-0.2, 0) is 12.8 Å². The number of carboxylic acid groups (broad SMARTS) is 1. The Bertz CT molecular complexity index is 566. The molecule has 1 aromatic carbocycles. The summed E-state index contributed by atoms with van der Waals surface area (Å²) < 4.78 is 5.60. The van der Waals surface area contributed by atoms with Crippen LogP contribution in [0.4, 0.5) is 0 Å². The van der Waals surface area contributed by atoms with E-state index in [-0.39, 0.29) is 0 Å². The number of aromatic nitrogens is 1. The van der Waals surface area contributed by atoms with Gasteiger partial charge in [-0.3, -0.25) is 0 Å². The van der Waals surface area contributed by atoms with Crippen LogP contribution in [0.1, 0.15) is 33.7 Å². The lowest BCUT2D eigenvalue weighted by Crippen LogP contribution is -2.01. The summed E-state index contributed by atoms with van der Waals surface area (Å²) in [6, 6.07) is 9.56. The van der Waals surface area contributed by atoms with Crippen LogP contribution in [0, 0.1) is 0 Å². The van der Waals surface area contributed by atoms with Gasteiger partial charge in [0.25, 0.3) is 0 Å². The maximum Gasteiger partial charge on any atom is 0.347 e. The van der Waals surface area contributed by atoms with Crippen LogP contribution in [-0.4, -0.2) is 22.7 Å². The molecule has 0 aliphatic heterocycles. The Kier molecular flexibility index (Phi) is 5.12. The number of rotatable bonds is 7. The first-order chi connectivity index (χ1) is 9.70. The molecule has 20 heavy (non-hydrogen) atoms. The fourth-order valence-corrected chi connectivity index (χ4v) is 2.78. The molecule has 0 spiro atoms. The number of carbonyl (C=O) groups is 1. The van der Waals surface area contributed by atoms with Gasteiger partial charge in [-0.05, 0) is 18.6 Å². The van der Waals surface area contributed by atoms with Gasteiger partial charge in [-0.25, -0.2) is 9.78 Å². The second-order valence-corrected chi connectivity index (χ2v) is 5.43. The lowest BCUT2D eigenvalue weighted by atomic mass is 10.2. The highest BCUT2D eigenvalue weighted by molar-refractivity contribution is 7.13. The zero-order chi connectivity index (χ0) is 14.4. The molecule has 0 atom stereocenters.